The second kappa shape index (κ2) is 12.0. The fraction of sp³-hybridized carbons (Fsp3) is 0.882. The van der Waals surface area contributed by atoms with E-state index in [1.165, 1.54) is 6.26 Å². The Morgan fingerprint density at radius 2 is 1.64 bits per heavy atom. The van der Waals surface area contributed by atoms with Gasteiger partial charge in [-0.25, -0.2) is 17.5 Å². The van der Waals surface area contributed by atoms with Crippen LogP contribution in [0.3, 0.4) is 0 Å². The van der Waals surface area contributed by atoms with E-state index in [1.54, 1.807) is 9.21 Å². The van der Waals surface area contributed by atoms with Gasteiger partial charge < -0.3 is 19.9 Å². The van der Waals surface area contributed by atoms with Gasteiger partial charge in [0.15, 0.2) is 5.96 Å². The molecule has 0 atom stereocenters. The number of piperidine rings is 1. The van der Waals surface area contributed by atoms with Gasteiger partial charge in [0.25, 0.3) is 0 Å². The topological polar surface area (TPSA) is 94.5 Å². The first-order valence-corrected chi connectivity index (χ1v) is 11.6. The minimum absolute atomic E-state index is 0. The third kappa shape index (κ3) is 7.54. The van der Waals surface area contributed by atoms with E-state index in [9.17, 15) is 13.2 Å². The van der Waals surface area contributed by atoms with E-state index in [2.05, 4.69) is 10.2 Å². The van der Waals surface area contributed by atoms with Gasteiger partial charge in [0.1, 0.15) is 0 Å². The Morgan fingerprint density at radius 1 is 1.07 bits per heavy atom. The van der Waals surface area contributed by atoms with E-state index >= 15 is 0 Å². The van der Waals surface area contributed by atoms with Crippen LogP contribution in [0.2, 0.25) is 0 Å². The molecule has 0 aromatic rings. The first kappa shape index (κ1) is 25.2. The highest BCUT2D eigenvalue weighted by Gasteiger charge is 2.26. The summed E-state index contributed by atoms with van der Waals surface area (Å²) in [4.78, 5) is 20.5. The third-order valence-corrected chi connectivity index (χ3v) is 6.29. The van der Waals surface area contributed by atoms with Gasteiger partial charge in [0.05, 0.1) is 12.9 Å². The molecule has 2 aliphatic heterocycles. The van der Waals surface area contributed by atoms with Crippen molar-refractivity contribution in [2.45, 2.75) is 26.7 Å². The largest absolute Gasteiger partial charge is 0.450 e. The molecule has 0 aromatic carbocycles. The Balaban J connectivity index is 0.00000392. The number of nitrogens with zero attached hydrogens (tertiary/aromatic N) is 4. The molecule has 2 fully saturated rings. The number of amides is 1. The second-order valence-electron chi connectivity index (χ2n) is 6.97. The van der Waals surface area contributed by atoms with Gasteiger partial charge >= 0.3 is 6.09 Å². The molecule has 2 saturated heterocycles. The molecule has 9 nitrogen and oxygen atoms in total. The van der Waals surface area contributed by atoms with Crippen molar-refractivity contribution in [1.29, 1.82) is 0 Å². The summed E-state index contributed by atoms with van der Waals surface area (Å²) in [5, 5.41) is 3.33. The summed E-state index contributed by atoms with van der Waals surface area (Å²) in [6, 6.07) is 0. The van der Waals surface area contributed by atoms with Gasteiger partial charge in [0.2, 0.25) is 10.0 Å². The summed E-state index contributed by atoms with van der Waals surface area (Å²) in [5.41, 5.74) is 0. The van der Waals surface area contributed by atoms with Gasteiger partial charge in [0, 0.05) is 52.4 Å². The number of guanidine groups is 1. The zero-order chi connectivity index (χ0) is 19.9. The molecule has 1 N–H and O–H groups in total. The van der Waals surface area contributed by atoms with Gasteiger partial charge in [-0.3, -0.25) is 4.99 Å². The Kier molecular flexibility index (Phi) is 10.8. The predicted octanol–water partition coefficient (Wildman–Crippen LogP) is 1.02. The van der Waals surface area contributed by atoms with Gasteiger partial charge in [-0.2, -0.15) is 0 Å². The number of sulfonamides is 1. The number of hydrogen-bond donors (Lipinski definition) is 1. The Labute approximate surface area is 185 Å². The first-order valence-electron chi connectivity index (χ1n) is 9.75. The highest BCUT2D eigenvalue weighted by atomic mass is 127. The highest BCUT2D eigenvalue weighted by Crippen LogP contribution is 2.19. The van der Waals surface area contributed by atoms with Crippen molar-refractivity contribution in [3.05, 3.63) is 0 Å². The number of carbonyl (C=O) groups excluding carboxylic acids is 1. The zero-order valence-electron chi connectivity index (χ0n) is 17.1. The fourth-order valence-corrected chi connectivity index (χ4v) is 4.25. The first-order chi connectivity index (χ1) is 12.8. The molecule has 0 saturated carbocycles. The van der Waals surface area contributed by atoms with Crippen LogP contribution in [0.1, 0.15) is 26.7 Å². The highest BCUT2D eigenvalue weighted by molar-refractivity contribution is 14.0. The molecule has 0 aromatic heterocycles. The van der Waals surface area contributed by atoms with Crippen molar-refractivity contribution in [2.24, 2.45) is 10.9 Å². The maximum atomic E-state index is 11.8. The van der Waals surface area contributed by atoms with Crippen LogP contribution >= 0.6 is 24.0 Å². The van der Waals surface area contributed by atoms with E-state index in [4.69, 9.17) is 9.73 Å². The van der Waals surface area contributed by atoms with Crippen molar-refractivity contribution < 1.29 is 17.9 Å². The maximum Gasteiger partial charge on any atom is 0.409 e. The van der Waals surface area contributed by atoms with Crippen LogP contribution in [0.5, 0.6) is 0 Å². The Hall–Kier alpha value is -0.820. The summed E-state index contributed by atoms with van der Waals surface area (Å²) in [6.07, 6.45) is 2.70. The third-order valence-electron chi connectivity index (χ3n) is 4.98. The fourth-order valence-electron chi connectivity index (χ4n) is 3.38. The quantitative estimate of drug-likeness (QED) is 0.324. The molecule has 0 spiro atoms. The molecule has 0 aliphatic carbocycles. The summed E-state index contributed by atoms with van der Waals surface area (Å²) in [7, 11) is -3.09. The Morgan fingerprint density at radius 3 is 2.14 bits per heavy atom. The van der Waals surface area contributed by atoms with E-state index < -0.39 is 10.0 Å². The van der Waals surface area contributed by atoms with Crippen LogP contribution in [0.25, 0.3) is 0 Å². The number of carbonyl (C=O) groups is 1. The number of aliphatic imine (C=N–C) groups is 1. The summed E-state index contributed by atoms with van der Waals surface area (Å²) in [6.45, 7) is 9.55. The summed E-state index contributed by atoms with van der Waals surface area (Å²) < 4.78 is 29.8. The molecule has 1 amide bonds. The predicted molar refractivity (Wildman–Crippen MR) is 121 cm³/mol. The average Bonchev–Trinajstić information content (AvgIpc) is 2.65. The zero-order valence-corrected chi connectivity index (χ0v) is 20.2. The van der Waals surface area contributed by atoms with E-state index in [1.807, 2.05) is 13.8 Å². The molecule has 2 rings (SSSR count). The average molecular weight is 531 g/mol. The van der Waals surface area contributed by atoms with Crippen LogP contribution in [0.15, 0.2) is 4.99 Å². The van der Waals surface area contributed by atoms with Gasteiger partial charge in [-0.15, -0.1) is 24.0 Å². The monoisotopic (exact) mass is 531 g/mol. The smallest absolute Gasteiger partial charge is 0.409 e. The molecule has 2 heterocycles. The number of rotatable bonds is 5. The molecule has 0 radical (unpaired) electrons. The minimum Gasteiger partial charge on any atom is -0.450 e. The van der Waals surface area contributed by atoms with Crippen LogP contribution in [0.4, 0.5) is 4.79 Å². The maximum absolute atomic E-state index is 11.8. The van der Waals surface area contributed by atoms with Crippen LogP contribution in [-0.4, -0.2) is 99.8 Å². The number of ether oxygens (including phenoxy) is 1. The van der Waals surface area contributed by atoms with Crippen LogP contribution < -0.4 is 5.32 Å². The van der Waals surface area contributed by atoms with E-state index in [0.29, 0.717) is 45.2 Å². The number of halogens is 1. The van der Waals surface area contributed by atoms with Crippen molar-refractivity contribution in [3.8, 4) is 0 Å². The van der Waals surface area contributed by atoms with Crippen LogP contribution in [-0.2, 0) is 14.8 Å². The lowest BCUT2D eigenvalue weighted by Crippen LogP contribution is -2.54. The molecule has 28 heavy (non-hydrogen) atoms. The lowest BCUT2D eigenvalue weighted by atomic mass is 9.98. The molecule has 11 heteroatoms. The van der Waals surface area contributed by atoms with E-state index in [-0.39, 0.29) is 30.1 Å². The van der Waals surface area contributed by atoms with Gasteiger partial charge in [-0.1, -0.05) is 0 Å². The summed E-state index contributed by atoms with van der Waals surface area (Å²) in [5.74, 6) is 1.27. The lowest BCUT2D eigenvalue weighted by Gasteiger charge is -2.36. The summed E-state index contributed by atoms with van der Waals surface area (Å²) >= 11 is 0. The van der Waals surface area contributed by atoms with Crippen LogP contribution in [0, 0.1) is 5.92 Å². The molecular formula is C17H34IN5O4S. The molecule has 2 aliphatic rings. The van der Waals surface area contributed by atoms with Crippen molar-refractivity contribution in [1.82, 2.24) is 19.4 Å². The second-order valence-corrected chi connectivity index (χ2v) is 8.96. The minimum atomic E-state index is -3.09. The standard InChI is InChI=1S/C17H33N5O4S.HI/c1-4-18-16(20-10-12-21(13-11-20)17(23)26-5-2)19-14-15-6-8-22(9-7-15)27(3,24)25;/h15H,4-14H2,1-3H3,(H,18,19);1H. The number of nitrogens with one attached hydrogen (secondary N) is 1. The van der Waals surface area contributed by atoms with Crippen molar-refractivity contribution >= 4 is 46.1 Å². The normalized spacial score (nSPS) is 19.9. The number of hydrogen-bond acceptors (Lipinski definition) is 5. The molecule has 0 bridgehead atoms. The van der Waals surface area contributed by atoms with Crippen molar-refractivity contribution in [3.63, 3.8) is 0 Å². The van der Waals surface area contributed by atoms with E-state index in [0.717, 1.165) is 38.4 Å². The molecule has 0 unspecified atom stereocenters. The SMILES string of the molecule is CCNC(=NCC1CCN(S(C)(=O)=O)CC1)N1CCN(C(=O)OCC)CC1.I. The number of piperazine rings is 1. The van der Waals surface area contributed by atoms with Gasteiger partial charge in [-0.05, 0) is 32.6 Å². The Bertz CT molecular complexity index is 615. The van der Waals surface area contributed by atoms with Crippen molar-refractivity contribution in [2.75, 3.05) is 65.2 Å². The molecular weight excluding hydrogens is 497 g/mol. The molecule has 164 valence electrons. The lowest BCUT2D eigenvalue weighted by molar-refractivity contribution is 0.0914.